The Balaban J connectivity index is 0.000000260. The van der Waals surface area contributed by atoms with E-state index < -0.39 is 6.04 Å². The first-order chi connectivity index (χ1) is 20.1. The number of carbonyl (C=O) groups is 3. The fourth-order valence-corrected chi connectivity index (χ4v) is 5.77. The first-order valence-electron chi connectivity index (χ1n) is 15.2. The topological polar surface area (TPSA) is 82.2 Å². The van der Waals surface area contributed by atoms with E-state index in [0.717, 1.165) is 50.9 Å². The molecular formula is C34H50N4O4. The normalized spacial score (nSPS) is 20.1. The summed E-state index contributed by atoms with van der Waals surface area (Å²) in [5, 5.41) is 2.34. The van der Waals surface area contributed by atoms with Gasteiger partial charge in [0.1, 0.15) is 6.04 Å². The molecule has 0 bridgehead atoms. The summed E-state index contributed by atoms with van der Waals surface area (Å²) < 4.78 is 5.37. The number of ether oxygens (including phenoxy) is 1. The lowest BCUT2D eigenvalue weighted by atomic mass is 9.91. The summed E-state index contributed by atoms with van der Waals surface area (Å²) in [5.41, 5.74) is 5.45. The van der Waals surface area contributed by atoms with Gasteiger partial charge < -0.3 is 19.4 Å². The number of likely N-dealkylation sites (tertiary alicyclic amines) is 1. The quantitative estimate of drug-likeness (QED) is 0.310. The molecule has 2 atom stereocenters. The van der Waals surface area contributed by atoms with Crippen LogP contribution in [0.4, 0.5) is 0 Å². The highest BCUT2D eigenvalue weighted by Crippen LogP contribution is 2.32. The average Bonchev–Trinajstić information content (AvgIpc) is 3.29. The zero-order chi connectivity index (χ0) is 30.8. The smallest absolute Gasteiger partial charge is 0.255 e. The van der Waals surface area contributed by atoms with Crippen LogP contribution in [-0.4, -0.2) is 85.4 Å². The minimum absolute atomic E-state index is 0.109. The first kappa shape index (κ1) is 33.3. The number of hydrogen-bond acceptors (Lipinski definition) is 6. The van der Waals surface area contributed by atoms with Crippen LogP contribution < -0.4 is 5.32 Å². The van der Waals surface area contributed by atoms with Crippen molar-refractivity contribution in [3.05, 3.63) is 71.0 Å². The fraction of sp³-hybridized carbons (Fsp3) is 0.559. The van der Waals surface area contributed by atoms with E-state index in [1.54, 1.807) is 12.0 Å². The average molecular weight is 579 g/mol. The maximum Gasteiger partial charge on any atom is 0.255 e. The maximum absolute atomic E-state index is 12.7. The fourth-order valence-electron chi connectivity index (χ4n) is 5.77. The van der Waals surface area contributed by atoms with Gasteiger partial charge in [0.25, 0.3) is 5.91 Å². The lowest BCUT2D eigenvalue weighted by Gasteiger charge is -2.33. The van der Waals surface area contributed by atoms with Crippen LogP contribution in [0, 0.1) is 0 Å². The molecule has 3 heterocycles. The summed E-state index contributed by atoms with van der Waals surface area (Å²) in [6.07, 6.45) is 11.7. The third-order valence-corrected chi connectivity index (χ3v) is 8.37. The van der Waals surface area contributed by atoms with Gasteiger partial charge in [-0.1, -0.05) is 37.3 Å². The van der Waals surface area contributed by atoms with Crippen molar-refractivity contribution >= 4 is 17.7 Å². The number of piperidine rings is 2. The minimum Gasteiger partial charge on any atom is -0.381 e. The predicted molar refractivity (Wildman–Crippen MR) is 168 cm³/mol. The molecule has 42 heavy (non-hydrogen) atoms. The molecule has 0 spiro atoms. The van der Waals surface area contributed by atoms with Gasteiger partial charge in [-0.2, -0.15) is 0 Å². The molecule has 2 fully saturated rings. The standard InChI is InChI=1S/C20H27N3O3.C14H23NO/c1-4-13(9-10-22(2)3)14-5-6-16-15(11-14)12-23(20(16)26)17-7-8-18(24)21-19(17)25;1-5-13(7-6-12(2)3)15-10-8-14(16-4)9-11-15/h5-6,11,13,17H,4,7-10,12H2,1-3H3,(H,21,24,25);5-7,14H,1,8-11H2,2-4H3/b;13-7+. The van der Waals surface area contributed by atoms with Crippen molar-refractivity contribution in [2.45, 2.75) is 83.9 Å². The van der Waals surface area contributed by atoms with Gasteiger partial charge in [-0.3, -0.25) is 19.7 Å². The zero-order valence-electron chi connectivity index (χ0n) is 26.4. The molecule has 3 aliphatic heterocycles. The molecule has 3 aliphatic rings. The molecule has 1 aromatic rings. The Morgan fingerprint density at radius 1 is 1.14 bits per heavy atom. The summed E-state index contributed by atoms with van der Waals surface area (Å²) in [4.78, 5) is 42.4. The molecule has 230 valence electrons. The number of amides is 3. The van der Waals surface area contributed by atoms with E-state index in [1.807, 2.05) is 12.1 Å². The third kappa shape index (κ3) is 8.88. The number of hydrogen-bond donors (Lipinski definition) is 1. The number of rotatable bonds is 10. The molecule has 8 heteroatoms. The van der Waals surface area contributed by atoms with Gasteiger partial charge >= 0.3 is 0 Å². The highest BCUT2D eigenvalue weighted by atomic mass is 16.5. The van der Waals surface area contributed by atoms with E-state index in [1.165, 1.54) is 16.8 Å². The Morgan fingerprint density at radius 2 is 1.86 bits per heavy atom. The number of fused-ring (bicyclic) bond motifs is 1. The van der Waals surface area contributed by atoms with Gasteiger partial charge in [0.15, 0.2) is 0 Å². The van der Waals surface area contributed by atoms with E-state index in [2.05, 4.69) is 80.8 Å². The van der Waals surface area contributed by atoms with Crippen LogP contribution in [0.5, 0.6) is 0 Å². The Labute approximate surface area is 252 Å². The molecule has 4 rings (SSSR count). The van der Waals surface area contributed by atoms with E-state index >= 15 is 0 Å². The van der Waals surface area contributed by atoms with Crippen molar-refractivity contribution in [2.75, 3.05) is 40.8 Å². The highest BCUT2D eigenvalue weighted by Gasteiger charge is 2.39. The van der Waals surface area contributed by atoms with E-state index in [4.69, 9.17) is 4.74 Å². The monoisotopic (exact) mass is 578 g/mol. The number of methoxy groups -OCH3 is 1. The lowest BCUT2D eigenvalue weighted by Crippen LogP contribution is -2.52. The Morgan fingerprint density at radius 3 is 2.43 bits per heavy atom. The first-order valence-corrected chi connectivity index (χ1v) is 15.2. The van der Waals surface area contributed by atoms with Gasteiger partial charge in [0.05, 0.1) is 6.10 Å². The molecule has 2 saturated heterocycles. The molecule has 0 aromatic heterocycles. The van der Waals surface area contributed by atoms with Gasteiger partial charge in [-0.15, -0.1) is 0 Å². The highest BCUT2D eigenvalue weighted by molar-refractivity contribution is 6.05. The van der Waals surface area contributed by atoms with Gasteiger partial charge in [0, 0.05) is 44.4 Å². The lowest BCUT2D eigenvalue weighted by molar-refractivity contribution is -0.136. The summed E-state index contributed by atoms with van der Waals surface area (Å²) >= 11 is 0. The third-order valence-electron chi connectivity index (χ3n) is 8.37. The van der Waals surface area contributed by atoms with Crippen molar-refractivity contribution in [3.63, 3.8) is 0 Å². The van der Waals surface area contributed by atoms with Crippen LogP contribution in [0.1, 0.15) is 86.7 Å². The molecule has 0 aliphatic carbocycles. The second kappa shape index (κ2) is 15.8. The second-order valence-corrected chi connectivity index (χ2v) is 12.0. The van der Waals surface area contributed by atoms with Crippen LogP contribution >= 0.6 is 0 Å². The SMILES string of the molecule is C=C/C(=C\C=C(C)C)N1CCC(OC)CC1.CCC(CCN(C)C)c1ccc2c(c1)CN(C1CCC(=O)NC1=O)C2=O. The summed E-state index contributed by atoms with van der Waals surface area (Å²) in [7, 11) is 5.95. The van der Waals surface area contributed by atoms with Gasteiger partial charge in [0.2, 0.25) is 11.8 Å². The molecule has 8 nitrogen and oxygen atoms in total. The van der Waals surface area contributed by atoms with Crippen LogP contribution in [0.3, 0.4) is 0 Å². The summed E-state index contributed by atoms with van der Waals surface area (Å²) in [6, 6.07) is 5.53. The van der Waals surface area contributed by atoms with Crippen LogP contribution in [0.25, 0.3) is 0 Å². The molecule has 2 unspecified atom stereocenters. The van der Waals surface area contributed by atoms with Crippen molar-refractivity contribution in [2.24, 2.45) is 0 Å². The van der Waals surface area contributed by atoms with Crippen LogP contribution in [0.15, 0.2) is 54.3 Å². The zero-order valence-corrected chi connectivity index (χ0v) is 26.4. The molecule has 0 radical (unpaired) electrons. The summed E-state index contributed by atoms with van der Waals surface area (Å²) in [6.45, 7) is 13.9. The van der Waals surface area contributed by atoms with Crippen molar-refractivity contribution in [3.8, 4) is 0 Å². The van der Waals surface area contributed by atoms with Crippen molar-refractivity contribution in [1.29, 1.82) is 0 Å². The van der Waals surface area contributed by atoms with Crippen LogP contribution in [0.2, 0.25) is 0 Å². The molecule has 1 aromatic carbocycles. The molecule has 3 amide bonds. The number of carbonyl (C=O) groups excluding carboxylic acids is 3. The number of nitrogens with one attached hydrogen (secondary N) is 1. The van der Waals surface area contributed by atoms with Gasteiger partial charge in [-0.05, 0) is 102 Å². The van der Waals surface area contributed by atoms with E-state index in [9.17, 15) is 14.4 Å². The number of nitrogens with zero attached hydrogens (tertiary/aromatic N) is 3. The number of imide groups is 1. The van der Waals surface area contributed by atoms with Crippen molar-refractivity contribution in [1.82, 2.24) is 20.0 Å². The molecule has 1 N–H and O–H groups in total. The predicted octanol–water partition coefficient (Wildman–Crippen LogP) is 5.03. The minimum atomic E-state index is -0.549. The number of allylic oxidation sites excluding steroid dienone is 4. The Kier molecular flexibility index (Phi) is 12.6. The van der Waals surface area contributed by atoms with E-state index in [0.29, 0.717) is 30.6 Å². The Bertz CT molecular complexity index is 1180. The second-order valence-electron chi connectivity index (χ2n) is 12.0. The maximum atomic E-state index is 12.7. The molecular weight excluding hydrogens is 528 g/mol. The Hall–Kier alpha value is -3.23. The summed E-state index contributed by atoms with van der Waals surface area (Å²) in [5.74, 6) is -0.269. The largest absolute Gasteiger partial charge is 0.381 e. The van der Waals surface area contributed by atoms with E-state index in [-0.39, 0.29) is 24.1 Å². The number of benzene rings is 1. The van der Waals surface area contributed by atoms with Gasteiger partial charge in [-0.25, -0.2) is 0 Å². The van der Waals surface area contributed by atoms with Crippen LogP contribution in [-0.2, 0) is 20.9 Å². The van der Waals surface area contributed by atoms with Crippen molar-refractivity contribution < 1.29 is 19.1 Å². The molecule has 0 saturated carbocycles.